The summed E-state index contributed by atoms with van der Waals surface area (Å²) >= 11 is 0. The number of esters is 1. The largest absolute Gasteiger partial charge is 0.465 e. The van der Waals surface area contributed by atoms with Crippen LogP contribution in [0.1, 0.15) is 34.3 Å². The Labute approximate surface area is 169 Å². The maximum absolute atomic E-state index is 12.8. The number of rotatable bonds is 10. The van der Waals surface area contributed by atoms with Gasteiger partial charge in [-0.15, -0.1) is 0 Å². The number of aryl methyl sites for hydroxylation is 1. The SMILES string of the molecule is Cc1ccc(/C=C/S(=O)(=O)NCC(=O)OCCCC(=O)c2ccc(F)cc2)cc1. The first-order chi connectivity index (χ1) is 13.7. The van der Waals surface area contributed by atoms with E-state index in [1.165, 1.54) is 30.3 Å². The number of nitrogens with one attached hydrogen (secondary N) is 1. The summed E-state index contributed by atoms with van der Waals surface area (Å²) in [5, 5.41) is 0.978. The van der Waals surface area contributed by atoms with Crippen molar-refractivity contribution in [1.82, 2.24) is 4.72 Å². The van der Waals surface area contributed by atoms with Crippen molar-refractivity contribution in [1.29, 1.82) is 0 Å². The van der Waals surface area contributed by atoms with Crippen LogP contribution in [0, 0.1) is 12.7 Å². The molecule has 0 amide bonds. The lowest BCUT2D eigenvalue weighted by molar-refractivity contribution is -0.142. The Hall–Kier alpha value is -2.84. The van der Waals surface area contributed by atoms with Crippen LogP contribution in [0.4, 0.5) is 4.39 Å². The number of ether oxygens (including phenoxy) is 1. The van der Waals surface area contributed by atoms with E-state index in [0.717, 1.165) is 16.5 Å². The van der Waals surface area contributed by atoms with Crippen LogP contribution >= 0.6 is 0 Å². The zero-order chi connectivity index (χ0) is 21.3. The van der Waals surface area contributed by atoms with Gasteiger partial charge in [-0.1, -0.05) is 29.8 Å². The highest BCUT2D eigenvalue weighted by Gasteiger charge is 2.11. The molecule has 0 saturated carbocycles. The molecule has 0 spiro atoms. The molecule has 0 saturated heterocycles. The molecule has 2 aromatic rings. The molecule has 0 aliphatic carbocycles. The number of hydrogen-bond donors (Lipinski definition) is 1. The molecule has 0 fully saturated rings. The number of ketones is 1. The zero-order valence-corrected chi connectivity index (χ0v) is 16.7. The smallest absolute Gasteiger partial charge is 0.321 e. The summed E-state index contributed by atoms with van der Waals surface area (Å²) in [5.74, 6) is -1.36. The van der Waals surface area contributed by atoms with Gasteiger partial charge in [-0.05, 0) is 49.2 Å². The van der Waals surface area contributed by atoms with Gasteiger partial charge < -0.3 is 4.74 Å². The lowest BCUT2D eigenvalue weighted by Crippen LogP contribution is -2.29. The van der Waals surface area contributed by atoms with Gasteiger partial charge in [-0.3, -0.25) is 9.59 Å². The lowest BCUT2D eigenvalue weighted by atomic mass is 10.1. The van der Waals surface area contributed by atoms with Crippen molar-refractivity contribution >= 4 is 27.9 Å². The molecule has 154 valence electrons. The maximum Gasteiger partial charge on any atom is 0.321 e. The number of carbonyl (C=O) groups excluding carboxylic acids is 2. The molecular weight excluding hydrogens is 397 g/mol. The van der Waals surface area contributed by atoms with Gasteiger partial charge in [0.2, 0.25) is 10.0 Å². The predicted octanol–water partition coefficient (Wildman–Crippen LogP) is 3.23. The highest BCUT2D eigenvalue weighted by Crippen LogP contribution is 2.08. The van der Waals surface area contributed by atoms with Crippen molar-refractivity contribution in [2.45, 2.75) is 19.8 Å². The minimum absolute atomic E-state index is 0.0211. The molecule has 0 atom stereocenters. The van der Waals surface area contributed by atoms with E-state index >= 15 is 0 Å². The van der Waals surface area contributed by atoms with Gasteiger partial charge >= 0.3 is 5.97 Å². The van der Waals surface area contributed by atoms with Crippen molar-refractivity contribution in [2.75, 3.05) is 13.2 Å². The molecule has 29 heavy (non-hydrogen) atoms. The Kier molecular flexibility index (Phi) is 8.23. The fraction of sp³-hybridized carbons (Fsp3) is 0.238. The van der Waals surface area contributed by atoms with Crippen LogP contribution < -0.4 is 4.72 Å². The van der Waals surface area contributed by atoms with Crippen LogP contribution in [-0.4, -0.2) is 33.3 Å². The minimum Gasteiger partial charge on any atom is -0.465 e. The number of Topliss-reactive ketones (excluding diaryl/α,β-unsaturated/α-hetero) is 1. The third-order valence-corrected chi connectivity index (χ3v) is 4.95. The molecule has 8 heteroatoms. The van der Waals surface area contributed by atoms with Crippen LogP contribution in [0.15, 0.2) is 53.9 Å². The standard InChI is InChI=1S/C21H22FNO5S/c1-16-4-6-17(7-5-16)12-14-29(26,27)23-15-21(25)28-13-2-3-20(24)18-8-10-19(22)11-9-18/h4-12,14,23H,2-3,13,15H2,1H3/b14-12+. The van der Waals surface area contributed by atoms with Gasteiger partial charge in [0.15, 0.2) is 5.78 Å². The first kappa shape index (κ1) is 22.4. The van der Waals surface area contributed by atoms with E-state index in [2.05, 4.69) is 4.72 Å². The molecule has 1 N–H and O–H groups in total. The first-order valence-corrected chi connectivity index (χ1v) is 10.5. The Balaban J connectivity index is 1.68. The van der Waals surface area contributed by atoms with Gasteiger partial charge in [0, 0.05) is 17.4 Å². The van der Waals surface area contributed by atoms with Gasteiger partial charge in [-0.25, -0.2) is 17.5 Å². The molecule has 6 nitrogen and oxygen atoms in total. The van der Waals surface area contributed by atoms with Crippen molar-refractivity contribution in [3.63, 3.8) is 0 Å². The molecule has 0 aliphatic heterocycles. The lowest BCUT2D eigenvalue weighted by Gasteiger charge is -2.05. The van der Waals surface area contributed by atoms with E-state index in [9.17, 15) is 22.4 Å². The van der Waals surface area contributed by atoms with Crippen LogP contribution in [0.2, 0.25) is 0 Å². The van der Waals surface area contributed by atoms with Gasteiger partial charge in [0.25, 0.3) is 0 Å². The normalized spacial score (nSPS) is 11.5. The number of hydrogen-bond acceptors (Lipinski definition) is 5. The number of halogens is 1. The molecular formula is C21H22FNO5S. The van der Waals surface area contributed by atoms with E-state index in [4.69, 9.17) is 4.74 Å². The van der Waals surface area contributed by atoms with Gasteiger partial charge in [-0.2, -0.15) is 0 Å². The fourth-order valence-corrected chi connectivity index (χ4v) is 3.05. The Morgan fingerprint density at radius 1 is 1.07 bits per heavy atom. The van der Waals surface area contributed by atoms with E-state index < -0.39 is 28.4 Å². The summed E-state index contributed by atoms with van der Waals surface area (Å²) in [6.45, 7) is 1.40. The third kappa shape index (κ3) is 8.37. The number of carbonyl (C=O) groups is 2. The van der Waals surface area contributed by atoms with E-state index in [-0.39, 0.29) is 25.2 Å². The maximum atomic E-state index is 12.8. The molecule has 0 aliphatic rings. The Bertz CT molecular complexity index is 967. The highest BCUT2D eigenvalue weighted by molar-refractivity contribution is 7.92. The number of sulfonamides is 1. The summed E-state index contributed by atoms with van der Waals surface area (Å²) in [6, 6.07) is 12.5. The molecule has 0 unspecified atom stereocenters. The second-order valence-electron chi connectivity index (χ2n) is 6.33. The summed E-state index contributed by atoms with van der Waals surface area (Å²) in [5.41, 5.74) is 2.16. The molecule has 0 radical (unpaired) electrons. The third-order valence-electron chi connectivity index (χ3n) is 3.91. The summed E-state index contributed by atoms with van der Waals surface area (Å²) in [6.07, 6.45) is 1.83. The van der Waals surface area contributed by atoms with E-state index in [0.29, 0.717) is 5.56 Å². The quantitative estimate of drug-likeness (QED) is 0.363. The average molecular weight is 419 g/mol. The topological polar surface area (TPSA) is 89.5 Å². The highest BCUT2D eigenvalue weighted by atomic mass is 32.2. The zero-order valence-electron chi connectivity index (χ0n) is 15.9. The Morgan fingerprint density at radius 2 is 1.72 bits per heavy atom. The molecule has 0 aromatic heterocycles. The minimum atomic E-state index is -3.78. The molecule has 2 rings (SSSR count). The molecule has 0 heterocycles. The predicted molar refractivity (Wildman–Crippen MR) is 108 cm³/mol. The second-order valence-corrected chi connectivity index (χ2v) is 7.98. The first-order valence-electron chi connectivity index (χ1n) is 8.94. The number of benzene rings is 2. The van der Waals surface area contributed by atoms with Crippen LogP contribution in [0.25, 0.3) is 6.08 Å². The fourth-order valence-electron chi connectivity index (χ4n) is 2.30. The summed E-state index contributed by atoms with van der Waals surface area (Å²) in [4.78, 5) is 23.6. The Morgan fingerprint density at radius 3 is 2.38 bits per heavy atom. The van der Waals surface area contributed by atoms with Crippen LogP contribution in [-0.2, 0) is 19.6 Å². The van der Waals surface area contributed by atoms with E-state index in [1.54, 1.807) is 12.1 Å². The van der Waals surface area contributed by atoms with Gasteiger partial charge in [0.1, 0.15) is 12.4 Å². The van der Waals surface area contributed by atoms with E-state index in [1.807, 2.05) is 19.1 Å². The average Bonchev–Trinajstić information content (AvgIpc) is 2.70. The van der Waals surface area contributed by atoms with Crippen LogP contribution in [0.3, 0.4) is 0 Å². The van der Waals surface area contributed by atoms with Crippen molar-refractivity contribution in [2.24, 2.45) is 0 Å². The van der Waals surface area contributed by atoms with Gasteiger partial charge in [0.05, 0.1) is 6.61 Å². The summed E-state index contributed by atoms with van der Waals surface area (Å²) in [7, 11) is -3.78. The summed E-state index contributed by atoms with van der Waals surface area (Å²) < 4.78 is 43.7. The van der Waals surface area contributed by atoms with Crippen molar-refractivity contribution in [3.8, 4) is 0 Å². The van der Waals surface area contributed by atoms with Crippen molar-refractivity contribution in [3.05, 3.63) is 76.4 Å². The molecule has 2 aromatic carbocycles. The molecule has 0 bridgehead atoms. The van der Waals surface area contributed by atoms with Crippen molar-refractivity contribution < 1.29 is 27.1 Å². The monoisotopic (exact) mass is 419 g/mol. The van der Waals surface area contributed by atoms with Crippen LogP contribution in [0.5, 0.6) is 0 Å². The second kappa shape index (κ2) is 10.6.